The lowest BCUT2D eigenvalue weighted by Gasteiger charge is -2.33. The van der Waals surface area contributed by atoms with E-state index in [9.17, 15) is 4.79 Å². The minimum atomic E-state index is 0.272. The monoisotopic (exact) mass is 233 g/mol. The van der Waals surface area contributed by atoms with Crippen LogP contribution in [0.2, 0.25) is 0 Å². The Balaban J connectivity index is 1.61. The molecular weight excluding hydrogens is 210 g/mol. The maximum absolute atomic E-state index is 12.4. The fourth-order valence-electron chi connectivity index (χ4n) is 3.91. The fourth-order valence-corrected chi connectivity index (χ4v) is 3.91. The molecule has 0 aromatic rings. The van der Waals surface area contributed by atoms with Gasteiger partial charge < -0.3 is 4.90 Å². The van der Waals surface area contributed by atoms with Gasteiger partial charge in [-0.15, -0.1) is 0 Å². The van der Waals surface area contributed by atoms with Gasteiger partial charge in [0, 0.05) is 19.0 Å². The zero-order valence-electron chi connectivity index (χ0n) is 10.7. The Labute approximate surface area is 104 Å². The molecule has 1 amide bonds. The molecule has 2 fully saturated rings. The molecule has 3 aliphatic rings. The average molecular weight is 233 g/mol. The second-order valence-corrected chi connectivity index (χ2v) is 6.21. The van der Waals surface area contributed by atoms with Crippen molar-refractivity contribution in [3.05, 3.63) is 12.2 Å². The molecule has 0 aromatic carbocycles. The maximum atomic E-state index is 12.4. The van der Waals surface area contributed by atoms with Gasteiger partial charge in [-0.3, -0.25) is 4.79 Å². The number of hydrogen-bond acceptors (Lipinski definition) is 1. The summed E-state index contributed by atoms with van der Waals surface area (Å²) < 4.78 is 0. The first-order chi connectivity index (χ1) is 8.29. The average Bonchev–Trinajstić information content (AvgIpc) is 2.99. The molecule has 1 heterocycles. The zero-order chi connectivity index (χ0) is 11.7. The molecule has 2 aliphatic carbocycles. The van der Waals surface area contributed by atoms with E-state index in [4.69, 9.17) is 0 Å². The van der Waals surface area contributed by atoms with Crippen LogP contribution in [-0.4, -0.2) is 23.9 Å². The van der Waals surface area contributed by atoms with E-state index < -0.39 is 0 Å². The van der Waals surface area contributed by atoms with E-state index in [0.29, 0.717) is 11.3 Å². The maximum Gasteiger partial charge on any atom is 0.226 e. The van der Waals surface area contributed by atoms with Crippen molar-refractivity contribution in [3.63, 3.8) is 0 Å². The normalized spacial score (nSPS) is 28.1. The Morgan fingerprint density at radius 2 is 1.76 bits per heavy atom. The van der Waals surface area contributed by atoms with Crippen LogP contribution in [0.15, 0.2) is 12.2 Å². The number of hydrogen-bond donors (Lipinski definition) is 0. The molecule has 0 unspecified atom stereocenters. The minimum Gasteiger partial charge on any atom is -0.342 e. The van der Waals surface area contributed by atoms with Gasteiger partial charge in [0.15, 0.2) is 0 Å². The fraction of sp³-hybridized carbons (Fsp3) is 0.800. The molecule has 1 saturated carbocycles. The van der Waals surface area contributed by atoms with E-state index in [-0.39, 0.29) is 5.92 Å². The van der Waals surface area contributed by atoms with E-state index in [1.54, 1.807) is 0 Å². The third-order valence-corrected chi connectivity index (χ3v) is 5.02. The zero-order valence-corrected chi connectivity index (χ0v) is 10.7. The molecular formula is C15H23NO. The summed E-state index contributed by atoms with van der Waals surface area (Å²) in [6.07, 6.45) is 14.4. The third kappa shape index (κ3) is 2.14. The number of likely N-dealkylation sites (tertiary alicyclic amines) is 1. The van der Waals surface area contributed by atoms with E-state index in [2.05, 4.69) is 17.1 Å². The first kappa shape index (κ1) is 11.3. The number of rotatable bonds is 1. The van der Waals surface area contributed by atoms with E-state index in [0.717, 1.165) is 25.9 Å². The number of carbonyl (C=O) groups is 1. The van der Waals surface area contributed by atoms with E-state index in [1.807, 2.05) is 0 Å². The Hall–Kier alpha value is -0.790. The topological polar surface area (TPSA) is 20.3 Å². The van der Waals surface area contributed by atoms with Gasteiger partial charge in [-0.25, -0.2) is 0 Å². The quantitative estimate of drug-likeness (QED) is 0.637. The van der Waals surface area contributed by atoms with Crippen molar-refractivity contribution in [2.24, 2.45) is 11.3 Å². The smallest absolute Gasteiger partial charge is 0.226 e. The van der Waals surface area contributed by atoms with Gasteiger partial charge in [-0.1, -0.05) is 31.4 Å². The third-order valence-electron chi connectivity index (χ3n) is 5.02. The highest BCUT2D eigenvalue weighted by Gasteiger charge is 2.41. The van der Waals surface area contributed by atoms with Crippen LogP contribution >= 0.6 is 0 Å². The van der Waals surface area contributed by atoms with Crippen LogP contribution in [0.1, 0.15) is 51.4 Å². The molecule has 1 saturated heterocycles. The van der Waals surface area contributed by atoms with Crippen LogP contribution < -0.4 is 0 Å². The van der Waals surface area contributed by atoms with Crippen LogP contribution in [0.25, 0.3) is 0 Å². The highest BCUT2D eigenvalue weighted by Crippen LogP contribution is 2.44. The standard InChI is InChI=1S/C15H23NO/c17-14(13-6-2-3-7-13)16-11-10-15(12-16)8-4-1-5-9-15/h2-3,13H,1,4-12H2. The molecule has 0 atom stereocenters. The molecule has 1 aliphatic heterocycles. The number of allylic oxidation sites excluding steroid dienone is 2. The lowest BCUT2D eigenvalue weighted by Crippen LogP contribution is -2.36. The second kappa shape index (κ2) is 4.47. The SMILES string of the molecule is O=C(C1CC=CC1)N1CCC2(CCCCC2)C1. The van der Waals surface area contributed by atoms with Crippen molar-refractivity contribution >= 4 is 5.91 Å². The first-order valence-electron chi connectivity index (χ1n) is 7.23. The molecule has 2 nitrogen and oxygen atoms in total. The van der Waals surface area contributed by atoms with Crippen LogP contribution in [0.5, 0.6) is 0 Å². The molecule has 94 valence electrons. The van der Waals surface area contributed by atoms with Crippen molar-refractivity contribution in [2.75, 3.05) is 13.1 Å². The predicted octanol–water partition coefficient (Wildman–Crippen LogP) is 3.14. The van der Waals surface area contributed by atoms with Gasteiger partial charge in [0.05, 0.1) is 0 Å². The van der Waals surface area contributed by atoms with Crippen molar-refractivity contribution in [2.45, 2.75) is 51.4 Å². The van der Waals surface area contributed by atoms with Crippen molar-refractivity contribution in [1.82, 2.24) is 4.90 Å². The number of nitrogens with zero attached hydrogens (tertiary/aromatic N) is 1. The lowest BCUT2D eigenvalue weighted by atomic mass is 9.73. The van der Waals surface area contributed by atoms with Crippen molar-refractivity contribution in [1.29, 1.82) is 0 Å². The van der Waals surface area contributed by atoms with Crippen molar-refractivity contribution in [3.8, 4) is 0 Å². The van der Waals surface area contributed by atoms with Gasteiger partial charge in [0.1, 0.15) is 0 Å². The predicted molar refractivity (Wildman–Crippen MR) is 68.6 cm³/mol. The summed E-state index contributed by atoms with van der Waals surface area (Å²) in [5, 5.41) is 0. The minimum absolute atomic E-state index is 0.272. The molecule has 3 rings (SSSR count). The highest BCUT2D eigenvalue weighted by atomic mass is 16.2. The Morgan fingerprint density at radius 1 is 1.06 bits per heavy atom. The number of amides is 1. The largest absolute Gasteiger partial charge is 0.342 e. The lowest BCUT2D eigenvalue weighted by molar-refractivity contribution is -0.134. The van der Waals surface area contributed by atoms with Crippen LogP contribution in [0, 0.1) is 11.3 Å². The summed E-state index contributed by atoms with van der Waals surface area (Å²) in [5.74, 6) is 0.700. The molecule has 0 aromatic heterocycles. The molecule has 17 heavy (non-hydrogen) atoms. The first-order valence-corrected chi connectivity index (χ1v) is 7.23. The molecule has 0 N–H and O–H groups in total. The van der Waals surface area contributed by atoms with Crippen LogP contribution in [0.3, 0.4) is 0 Å². The summed E-state index contributed by atoms with van der Waals surface area (Å²) >= 11 is 0. The molecule has 2 heteroatoms. The Kier molecular flexibility index (Phi) is 2.97. The Morgan fingerprint density at radius 3 is 2.47 bits per heavy atom. The van der Waals surface area contributed by atoms with Gasteiger partial charge >= 0.3 is 0 Å². The summed E-state index contributed by atoms with van der Waals surface area (Å²) in [6.45, 7) is 2.08. The summed E-state index contributed by atoms with van der Waals surface area (Å²) in [5.41, 5.74) is 0.514. The second-order valence-electron chi connectivity index (χ2n) is 6.21. The van der Waals surface area contributed by atoms with Gasteiger partial charge in [0.2, 0.25) is 5.91 Å². The van der Waals surface area contributed by atoms with Crippen LogP contribution in [0.4, 0.5) is 0 Å². The Bertz CT molecular complexity index is 320. The van der Waals surface area contributed by atoms with Gasteiger partial charge in [0.25, 0.3) is 0 Å². The molecule has 0 radical (unpaired) electrons. The summed E-state index contributed by atoms with van der Waals surface area (Å²) in [6, 6.07) is 0. The number of carbonyl (C=O) groups excluding carboxylic acids is 1. The van der Waals surface area contributed by atoms with Gasteiger partial charge in [-0.2, -0.15) is 0 Å². The van der Waals surface area contributed by atoms with E-state index >= 15 is 0 Å². The van der Waals surface area contributed by atoms with Crippen LogP contribution in [-0.2, 0) is 4.79 Å². The summed E-state index contributed by atoms with van der Waals surface area (Å²) in [7, 11) is 0. The van der Waals surface area contributed by atoms with Gasteiger partial charge in [-0.05, 0) is 37.5 Å². The van der Waals surface area contributed by atoms with Crippen molar-refractivity contribution < 1.29 is 4.79 Å². The summed E-state index contributed by atoms with van der Waals surface area (Å²) in [4.78, 5) is 14.5. The van der Waals surface area contributed by atoms with E-state index in [1.165, 1.54) is 38.5 Å². The molecule has 1 spiro atoms. The molecule has 0 bridgehead atoms. The highest BCUT2D eigenvalue weighted by molar-refractivity contribution is 5.80.